The highest BCUT2D eigenvalue weighted by molar-refractivity contribution is 5.98. The summed E-state index contributed by atoms with van der Waals surface area (Å²) in [5, 5.41) is 0. The molecule has 110 valence electrons. The summed E-state index contributed by atoms with van der Waals surface area (Å²) in [6, 6.07) is 5.36. The van der Waals surface area contributed by atoms with Crippen LogP contribution in [0.1, 0.15) is 36.0 Å². The summed E-state index contributed by atoms with van der Waals surface area (Å²) >= 11 is 0. The zero-order chi connectivity index (χ0) is 14.5. The Morgan fingerprint density at radius 2 is 1.65 bits per heavy atom. The van der Waals surface area contributed by atoms with Gasteiger partial charge < -0.3 is 15.2 Å². The highest BCUT2D eigenvalue weighted by atomic mass is 16.5. The maximum atomic E-state index is 12.6. The van der Waals surface area contributed by atoms with Crippen LogP contribution in [0, 0.1) is 11.8 Å². The van der Waals surface area contributed by atoms with E-state index in [1.807, 2.05) is 0 Å². The highest BCUT2D eigenvalue weighted by Gasteiger charge is 2.26. The van der Waals surface area contributed by atoms with Crippen LogP contribution in [0.4, 0.5) is 0 Å². The topological polar surface area (TPSA) is 61.5 Å². The lowest BCUT2D eigenvalue weighted by Gasteiger charge is -2.26. The van der Waals surface area contributed by atoms with Crippen molar-refractivity contribution < 1.29 is 14.3 Å². The van der Waals surface area contributed by atoms with E-state index in [0.717, 1.165) is 32.2 Å². The molecule has 0 aromatic heterocycles. The Hall–Kier alpha value is -1.55. The van der Waals surface area contributed by atoms with Crippen LogP contribution in [-0.2, 0) is 0 Å². The third kappa shape index (κ3) is 3.31. The standard InChI is InChI=1S/C16H23NO3/c1-19-14-7-13(8-15(9-14)20-2)16(18)12-5-3-11(10-17)4-6-12/h7-9,11-12H,3-6,10,17H2,1-2H3. The number of Topliss-reactive ketones (excluding diaryl/α,β-unsaturated/α-hetero) is 1. The Morgan fingerprint density at radius 3 is 2.10 bits per heavy atom. The molecule has 1 aliphatic carbocycles. The van der Waals surface area contributed by atoms with Crippen LogP contribution >= 0.6 is 0 Å². The molecule has 0 unspecified atom stereocenters. The van der Waals surface area contributed by atoms with Gasteiger partial charge in [0.15, 0.2) is 5.78 Å². The third-order valence-electron chi connectivity index (χ3n) is 4.19. The summed E-state index contributed by atoms with van der Waals surface area (Å²) in [5.74, 6) is 2.19. The first-order valence-corrected chi connectivity index (χ1v) is 7.15. The van der Waals surface area contributed by atoms with E-state index in [-0.39, 0.29) is 11.7 Å². The smallest absolute Gasteiger partial charge is 0.166 e. The lowest BCUT2D eigenvalue weighted by molar-refractivity contribution is 0.0873. The Bertz CT molecular complexity index is 443. The van der Waals surface area contributed by atoms with Gasteiger partial charge in [-0.15, -0.1) is 0 Å². The first-order valence-electron chi connectivity index (χ1n) is 7.15. The van der Waals surface area contributed by atoms with E-state index in [1.165, 1.54) is 0 Å². The molecule has 0 amide bonds. The predicted molar refractivity (Wildman–Crippen MR) is 78.4 cm³/mol. The number of hydrogen-bond acceptors (Lipinski definition) is 4. The fourth-order valence-corrected chi connectivity index (χ4v) is 2.85. The zero-order valence-electron chi connectivity index (χ0n) is 12.2. The van der Waals surface area contributed by atoms with Gasteiger partial charge in [0.2, 0.25) is 0 Å². The number of rotatable bonds is 5. The van der Waals surface area contributed by atoms with Crippen molar-refractivity contribution in [3.05, 3.63) is 23.8 Å². The van der Waals surface area contributed by atoms with Gasteiger partial charge >= 0.3 is 0 Å². The quantitative estimate of drug-likeness (QED) is 0.840. The van der Waals surface area contributed by atoms with Gasteiger partial charge in [-0.1, -0.05) is 0 Å². The minimum atomic E-state index is 0.106. The molecule has 2 rings (SSSR count). The molecular formula is C16H23NO3. The maximum Gasteiger partial charge on any atom is 0.166 e. The van der Waals surface area contributed by atoms with Crippen LogP contribution < -0.4 is 15.2 Å². The van der Waals surface area contributed by atoms with Crippen molar-refractivity contribution in [1.29, 1.82) is 0 Å². The summed E-state index contributed by atoms with van der Waals surface area (Å²) in [6.45, 7) is 0.730. The second kappa shape index (κ2) is 6.75. The first-order chi connectivity index (χ1) is 9.67. The minimum Gasteiger partial charge on any atom is -0.497 e. The predicted octanol–water partition coefficient (Wildman–Crippen LogP) is 2.65. The van der Waals surface area contributed by atoms with Gasteiger partial charge in [0.1, 0.15) is 11.5 Å². The van der Waals surface area contributed by atoms with Crippen LogP contribution in [0.5, 0.6) is 11.5 Å². The first kappa shape index (κ1) is 14.9. The van der Waals surface area contributed by atoms with E-state index in [0.29, 0.717) is 23.0 Å². The lowest BCUT2D eigenvalue weighted by atomic mass is 9.78. The molecule has 1 aromatic carbocycles. The largest absolute Gasteiger partial charge is 0.497 e. The highest BCUT2D eigenvalue weighted by Crippen LogP contribution is 2.32. The van der Waals surface area contributed by atoms with Crippen molar-refractivity contribution in [3.8, 4) is 11.5 Å². The number of carbonyl (C=O) groups excluding carboxylic acids is 1. The normalized spacial score (nSPS) is 22.4. The number of ketones is 1. The molecule has 0 radical (unpaired) electrons. The van der Waals surface area contributed by atoms with Crippen molar-refractivity contribution in [2.24, 2.45) is 17.6 Å². The van der Waals surface area contributed by atoms with Crippen LogP contribution in [-0.4, -0.2) is 26.5 Å². The van der Waals surface area contributed by atoms with Gasteiger partial charge in [0.05, 0.1) is 14.2 Å². The summed E-state index contributed by atoms with van der Waals surface area (Å²) in [4.78, 5) is 12.6. The average molecular weight is 277 g/mol. The number of ether oxygens (including phenoxy) is 2. The molecule has 0 heterocycles. The number of methoxy groups -OCH3 is 2. The van der Waals surface area contributed by atoms with Crippen molar-refractivity contribution >= 4 is 5.78 Å². The lowest BCUT2D eigenvalue weighted by Crippen LogP contribution is -2.25. The van der Waals surface area contributed by atoms with E-state index in [1.54, 1.807) is 32.4 Å². The van der Waals surface area contributed by atoms with E-state index < -0.39 is 0 Å². The molecule has 0 atom stereocenters. The number of carbonyl (C=O) groups is 1. The molecule has 0 spiro atoms. The number of nitrogens with two attached hydrogens (primary N) is 1. The molecule has 1 saturated carbocycles. The molecule has 0 aliphatic heterocycles. The van der Waals surface area contributed by atoms with Crippen molar-refractivity contribution in [1.82, 2.24) is 0 Å². The summed E-state index contributed by atoms with van der Waals surface area (Å²) in [6.07, 6.45) is 3.96. The Balaban J connectivity index is 2.12. The van der Waals surface area contributed by atoms with Crippen LogP contribution in [0.3, 0.4) is 0 Å². The summed E-state index contributed by atoms with van der Waals surface area (Å²) in [7, 11) is 3.19. The number of benzene rings is 1. The molecule has 1 aromatic rings. The SMILES string of the molecule is COc1cc(OC)cc(C(=O)C2CCC(CN)CC2)c1. The molecule has 20 heavy (non-hydrogen) atoms. The Labute approximate surface area is 120 Å². The van der Waals surface area contributed by atoms with Gasteiger partial charge in [0.25, 0.3) is 0 Å². The summed E-state index contributed by atoms with van der Waals surface area (Å²) in [5.41, 5.74) is 6.37. The van der Waals surface area contributed by atoms with Gasteiger partial charge in [-0.25, -0.2) is 0 Å². The molecule has 0 bridgehead atoms. The van der Waals surface area contributed by atoms with Crippen molar-refractivity contribution in [3.63, 3.8) is 0 Å². The van der Waals surface area contributed by atoms with Crippen molar-refractivity contribution in [2.45, 2.75) is 25.7 Å². The molecule has 1 aliphatic rings. The fraction of sp³-hybridized carbons (Fsp3) is 0.562. The Kier molecular flexibility index (Phi) is 5.01. The van der Waals surface area contributed by atoms with Gasteiger partial charge in [-0.3, -0.25) is 4.79 Å². The van der Waals surface area contributed by atoms with Crippen LogP contribution in [0.15, 0.2) is 18.2 Å². The van der Waals surface area contributed by atoms with Crippen LogP contribution in [0.2, 0.25) is 0 Å². The molecule has 4 nitrogen and oxygen atoms in total. The second-order valence-electron chi connectivity index (χ2n) is 5.42. The Morgan fingerprint density at radius 1 is 1.10 bits per heavy atom. The molecule has 2 N–H and O–H groups in total. The zero-order valence-corrected chi connectivity index (χ0v) is 12.2. The average Bonchev–Trinajstić information content (AvgIpc) is 2.53. The number of hydrogen-bond donors (Lipinski definition) is 1. The van der Waals surface area contributed by atoms with E-state index in [2.05, 4.69) is 0 Å². The molecule has 1 fully saturated rings. The van der Waals surface area contributed by atoms with Gasteiger partial charge in [-0.2, -0.15) is 0 Å². The van der Waals surface area contributed by atoms with Crippen LogP contribution in [0.25, 0.3) is 0 Å². The minimum absolute atomic E-state index is 0.106. The second-order valence-corrected chi connectivity index (χ2v) is 5.42. The fourth-order valence-electron chi connectivity index (χ4n) is 2.85. The summed E-state index contributed by atoms with van der Waals surface area (Å²) < 4.78 is 10.4. The van der Waals surface area contributed by atoms with E-state index in [9.17, 15) is 4.79 Å². The van der Waals surface area contributed by atoms with E-state index in [4.69, 9.17) is 15.2 Å². The van der Waals surface area contributed by atoms with E-state index >= 15 is 0 Å². The molecule has 0 saturated heterocycles. The molecule has 4 heteroatoms. The monoisotopic (exact) mass is 277 g/mol. The van der Waals surface area contributed by atoms with Crippen molar-refractivity contribution in [2.75, 3.05) is 20.8 Å². The molecular weight excluding hydrogens is 254 g/mol. The third-order valence-corrected chi connectivity index (χ3v) is 4.19. The van der Waals surface area contributed by atoms with Gasteiger partial charge in [-0.05, 0) is 50.3 Å². The van der Waals surface area contributed by atoms with Gasteiger partial charge in [0, 0.05) is 17.5 Å². The maximum absolute atomic E-state index is 12.6.